The van der Waals surface area contributed by atoms with Gasteiger partial charge in [0.05, 0.1) is 22.3 Å². The molecule has 2 aromatic carbocycles. The normalized spacial score (nSPS) is 10.3. The number of anilines is 1. The highest BCUT2D eigenvalue weighted by atomic mass is 35.5. The first-order chi connectivity index (χ1) is 9.20. The van der Waals surface area contributed by atoms with Gasteiger partial charge in [-0.3, -0.25) is 0 Å². The molecule has 0 radical (unpaired) electrons. The second kappa shape index (κ2) is 6.69. The Balaban J connectivity index is 2.07. The van der Waals surface area contributed by atoms with E-state index in [1.54, 1.807) is 6.07 Å². The molecule has 0 spiro atoms. The van der Waals surface area contributed by atoms with Crippen LogP contribution in [-0.2, 0) is 6.54 Å². The summed E-state index contributed by atoms with van der Waals surface area (Å²) in [6, 6.07) is 13.5. The predicted octanol–water partition coefficient (Wildman–Crippen LogP) is 5.00. The van der Waals surface area contributed by atoms with E-state index in [2.05, 4.69) is 5.32 Å². The van der Waals surface area contributed by atoms with Gasteiger partial charge in [-0.2, -0.15) is 0 Å². The van der Waals surface area contributed by atoms with Gasteiger partial charge in [0.25, 0.3) is 0 Å². The molecule has 2 nitrogen and oxygen atoms in total. The zero-order valence-corrected chi connectivity index (χ0v) is 12.1. The van der Waals surface area contributed by atoms with Crippen LogP contribution in [-0.4, -0.2) is 6.61 Å². The molecule has 0 unspecified atom stereocenters. The van der Waals surface area contributed by atoms with Gasteiger partial charge in [0.2, 0.25) is 0 Å². The van der Waals surface area contributed by atoms with Crippen LogP contribution in [0.1, 0.15) is 12.5 Å². The maximum Gasteiger partial charge on any atom is 0.142 e. The summed E-state index contributed by atoms with van der Waals surface area (Å²) in [6.07, 6.45) is 0. The third-order valence-electron chi connectivity index (χ3n) is 2.65. The molecular formula is C15H15Cl2NO. The van der Waals surface area contributed by atoms with E-state index in [1.807, 2.05) is 43.3 Å². The number of ether oxygens (including phenoxy) is 1. The summed E-state index contributed by atoms with van der Waals surface area (Å²) in [4.78, 5) is 0. The molecule has 2 rings (SSSR count). The Morgan fingerprint density at radius 2 is 1.84 bits per heavy atom. The van der Waals surface area contributed by atoms with E-state index in [0.717, 1.165) is 17.0 Å². The summed E-state index contributed by atoms with van der Waals surface area (Å²) >= 11 is 11.9. The molecule has 4 heteroatoms. The predicted molar refractivity (Wildman–Crippen MR) is 81.4 cm³/mol. The molecular weight excluding hydrogens is 281 g/mol. The van der Waals surface area contributed by atoms with Crippen molar-refractivity contribution < 1.29 is 4.74 Å². The number of nitrogens with one attached hydrogen (secondary N) is 1. The van der Waals surface area contributed by atoms with Gasteiger partial charge in [-0.1, -0.05) is 41.4 Å². The molecule has 0 aliphatic rings. The lowest BCUT2D eigenvalue weighted by Crippen LogP contribution is -2.02. The number of hydrogen-bond acceptors (Lipinski definition) is 2. The molecule has 0 aromatic heterocycles. The van der Waals surface area contributed by atoms with E-state index in [-0.39, 0.29) is 0 Å². The van der Waals surface area contributed by atoms with Crippen molar-refractivity contribution in [2.75, 3.05) is 11.9 Å². The number of para-hydroxylation sites is 2. The quantitative estimate of drug-likeness (QED) is 0.838. The summed E-state index contributed by atoms with van der Waals surface area (Å²) in [6.45, 7) is 3.28. The Hall–Kier alpha value is -1.38. The van der Waals surface area contributed by atoms with Gasteiger partial charge in [0.1, 0.15) is 5.75 Å². The minimum atomic E-state index is 0.569. The minimum absolute atomic E-state index is 0.569. The molecule has 1 N–H and O–H groups in total. The molecule has 0 aliphatic carbocycles. The van der Waals surface area contributed by atoms with Crippen molar-refractivity contribution >= 4 is 28.9 Å². The largest absolute Gasteiger partial charge is 0.492 e. The van der Waals surface area contributed by atoms with Crippen molar-refractivity contribution in [2.24, 2.45) is 0 Å². The number of rotatable bonds is 5. The molecule has 0 heterocycles. The minimum Gasteiger partial charge on any atom is -0.492 e. The van der Waals surface area contributed by atoms with Crippen molar-refractivity contribution in [3.05, 3.63) is 58.1 Å². The fraction of sp³-hybridized carbons (Fsp3) is 0.200. The summed E-state index contributed by atoms with van der Waals surface area (Å²) < 4.78 is 5.56. The Labute approximate surface area is 123 Å². The zero-order chi connectivity index (χ0) is 13.7. The third kappa shape index (κ3) is 3.79. The molecule has 2 aromatic rings. The van der Waals surface area contributed by atoms with Crippen LogP contribution in [0.2, 0.25) is 10.0 Å². The van der Waals surface area contributed by atoms with E-state index in [4.69, 9.17) is 27.9 Å². The molecule has 0 saturated carbocycles. The summed E-state index contributed by atoms with van der Waals surface area (Å²) in [5.74, 6) is 0.852. The second-order valence-corrected chi connectivity index (χ2v) is 4.85. The molecule has 0 saturated heterocycles. The number of hydrogen-bond donors (Lipinski definition) is 1. The van der Waals surface area contributed by atoms with Crippen LogP contribution in [0.5, 0.6) is 5.75 Å². The average Bonchev–Trinajstić information content (AvgIpc) is 2.42. The van der Waals surface area contributed by atoms with Crippen molar-refractivity contribution in [2.45, 2.75) is 13.5 Å². The van der Waals surface area contributed by atoms with Crippen molar-refractivity contribution in [1.29, 1.82) is 0 Å². The van der Waals surface area contributed by atoms with Gasteiger partial charge in [-0.15, -0.1) is 0 Å². The maximum absolute atomic E-state index is 5.99. The molecule has 0 aliphatic heterocycles. The fourth-order valence-electron chi connectivity index (χ4n) is 1.74. The van der Waals surface area contributed by atoms with Crippen LogP contribution >= 0.6 is 23.2 Å². The van der Waals surface area contributed by atoms with E-state index in [1.165, 1.54) is 0 Å². The van der Waals surface area contributed by atoms with Crippen LogP contribution in [0.4, 0.5) is 5.69 Å². The first kappa shape index (κ1) is 14.0. The molecule has 0 atom stereocenters. The van der Waals surface area contributed by atoms with Crippen LogP contribution < -0.4 is 10.1 Å². The van der Waals surface area contributed by atoms with E-state index in [9.17, 15) is 0 Å². The topological polar surface area (TPSA) is 21.3 Å². The van der Waals surface area contributed by atoms with Crippen LogP contribution in [0.15, 0.2) is 42.5 Å². The number of halogens is 2. The number of benzene rings is 2. The van der Waals surface area contributed by atoms with Gasteiger partial charge >= 0.3 is 0 Å². The first-order valence-corrected chi connectivity index (χ1v) is 6.86. The summed E-state index contributed by atoms with van der Waals surface area (Å²) in [5, 5.41) is 4.47. The Morgan fingerprint density at radius 3 is 2.58 bits per heavy atom. The zero-order valence-electron chi connectivity index (χ0n) is 10.6. The van der Waals surface area contributed by atoms with Gasteiger partial charge < -0.3 is 10.1 Å². The lowest BCUT2D eigenvalue weighted by Gasteiger charge is -2.12. The summed E-state index contributed by atoms with van der Waals surface area (Å²) in [5.41, 5.74) is 2.04. The maximum atomic E-state index is 5.99. The van der Waals surface area contributed by atoms with Gasteiger partial charge in [0.15, 0.2) is 0 Å². The van der Waals surface area contributed by atoms with Crippen LogP contribution in [0, 0.1) is 0 Å². The molecule has 19 heavy (non-hydrogen) atoms. The second-order valence-electron chi connectivity index (χ2n) is 4.03. The lowest BCUT2D eigenvalue weighted by molar-refractivity contribution is 0.341. The van der Waals surface area contributed by atoms with Crippen molar-refractivity contribution in [3.63, 3.8) is 0 Å². The molecule has 0 amide bonds. The van der Waals surface area contributed by atoms with E-state index in [0.29, 0.717) is 23.2 Å². The monoisotopic (exact) mass is 295 g/mol. The van der Waals surface area contributed by atoms with E-state index < -0.39 is 0 Å². The van der Waals surface area contributed by atoms with Gasteiger partial charge in [-0.05, 0) is 36.8 Å². The van der Waals surface area contributed by atoms with Crippen molar-refractivity contribution in [3.8, 4) is 5.75 Å². The highest BCUT2D eigenvalue weighted by Crippen LogP contribution is 2.26. The SMILES string of the molecule is CCOc1ccccc1NCc1ccc(Cl)c(Cl)c1. The Bertz CT molecular complexity index is 558. The van der Waals surface area contributed by atoms with Gasteiger partial charge in [0, 0.05) is 6.54 Å². The standard InChI is InChI=1S/C15H15Cl2NO/c1-2-19-15-6-4-3-5-14(15)18-10-11-7-8-12(16)13(17)9-11/h3-9,18H,2,10H2,1H3. The van der Waals surface area contributed by atoms with Crippen molar-refractivity contribution in [1.82, 2.24) is 0 Å². The third-order valence-corrected chi connectivity index (χ3v) is 3.39. The highest BCUT2D eigenvalue weighted by molar-refractivity contribution is 6.42. The Morgan fingerprint density at radius 1 is 1.05 bits per heavy atom. The van der Waals surface area contributed by atoms with E-state index >= 15 is 0 Å². The molecule has 0 fully saturated rings. The smallest absolute Gasteiger partial charge is 0.142 e. The first-order valence-electron chi connectivity index (χ1n) is 6.10. The summed E-state index contributed by atoms with van der Waals surface area (Å²) in [7, 11) is 0. The molecule has 0 bridgehead atoms. The Kier molecular flexibility index (Phi) is 4.94. The fourth-order valence-corrected chi connectivity index (χ4v) is 2.06. The lowest BCUT2D eigenvalue weighted by atomic mass is 10.2. The van der Waals surface area contributed by atoms with Gasteiger partial charge in [-0.25, -0.2) is 0 Å². The van der Waals surface area contributed by atoms with Crippen LogP contribution in [0.3, 0.4) is 0 Å². The molecule has 100 valence electrons. The average molecular weight is 296 g/mol. The van der Waals surface area contributed by atoms with Crippen LogP contribution in [0.25, 0.3) is 0 Å². The highest BCUT2D eigenvalue weighted by Gasteiger charge is 2.03.